The highest BCUT2D eigenvalue weighted by Crippen LogP contribution is 1.94. The van der Waals surface area contributed by atoms with Gasteiger partial charge in [-0.15, -0.1) is 0 Å². The van der Waals surface area contributed by atoms with Gasteiger partial charge in [0.1, 0.15) is 0 Å². The number of hydrogen-bond donors (Lipinski definition) is 1. The Bertz CT molecular complexity index is 216. The van der Waals surface area contributed by atoms with Crippen LogP contribution < -0.4 is 5.73 Å². The molecule has 0 fully saturated rings. The van der Waals surface area contributed by atoms with Crippen LogP contribution in [0.15, 0.2) is 0 Å². The van der Waals surface area contributed by atoms with E-state index in [-0.39, 0.29) is 18.4 Å². The third kappa shape index (κ3) is 3.74. The van der Waals surface area contributed by atoms with E-state index in [1.54, 1.807) is 21.1 Å². The molecule has 0 aliphatic carbocycles. The predicted molar refractivity (Wildman–Crippen MR) is 54.6 cm³/mol. The second-order valence-corrected chi connectivity index (χ2v) is 3.50. The first-order valence-electron chi connectivity index (χ1n) is 4.60. The molecular weight excluding hydrogens is 182 g/mol. The lowest BCUT2D eigenvalue weighted by molar-refractivity contribution is -0.138. The number of likely N-dealkylation sites (N-methyl/N-ethyl adjacent to an activating group) is 2. The average Bonchev–Trinajstić information content (AvgIpc) is 2.14. The van der Waals surface area contributed by atoms with Crippen molar-refractivity contribution in [1.82, 2.24) is 9.80 Å². The molecule has 0 aromatic rings. The Balaban J connectivity index is 4.14. The zero-order chi connectivity index (χ0) is 11.3. The van der Waals surface area contributed by atoms with E-state index in [9.17, 15) is 9.59 Å². The van der Waals surface area contributed by atoms with Gasteiger partial charge < -0.3 is 15.5 Å². The van der Waals surface area contributed by atoms with Gasteiger partial charge in [0.05, 0.1) is 12.6 Å². The van der Waals surface area contributed by atoms with Gasteiger partial charge in [0.2, 0.25) is 11.8 Å². The average molecular weight is 201 g/mol. The highest BCUT2D eigenvalue weighted by molar-refractivity contribution is 5.86. The van der Waals surface area contributed by atoms with Crippen molar-refractivity contribution in [1.29, 1.82) is 0 Å². The molecule has 0 rings (SSSR count). The Morgan fingerprint density at radius 2 is 1.79 bits per heavy atom. The van der Waals surface area contributed by atoms with Crippen molar-refractivity contribution in [2.45, 2.75) is 19.4 Å². The van der Waals surface area contributed by atoms with E-state index in [2.05, 4.69) is 0 Å². The van der Waals surface area contributed by atoms with Gasteiger partial charge in [0, 0.05) is 21.1 Å². The predicted octanol–water partition coefficient (Wildman–Crippen LogP) is -0.730. The fourth-order valence-electron chi connectivity index (χ4n) is 0.880. The van der Waals surface area contributed by atoms with E-state index in [0.717, 1.165) is 0 Å². The molecule has 0 aromatic carbocycles. The fraction of sp³-hybridized carbons (Fsp3) is 0.778. The first-order valence-corrected chi connectivity index (χ1v) is 4.60. The number of amides is 2. The second-order valence-electron chi connectivity index (χ2n) is 3.50. The van der Waals surface area contributed by atoms with Crippen molar-refractivity contribution in [2.75, 3.05) is 27.7 Å². The Kier molecular flexibility index (Phi) is 5.15. The van der Waals surface area contributed by atoms with Crippen molar-refractivity contribution in [3.8, 4) is 0 Å². The van der Waals surface area contributed by atoms with Crippen LogP contribution in [0.4, 0.5) is 0 Å². The number of carbonyl (C=O) groups is 2. The number of nitrogens with two attached hydrogens (primary N) is 1. The van der Waals surface area contributed by atoms with Gasteiger partial charge in [-0.3, -0.25) is 9.59 Å². The third-order valence-electron chi connectivity index (χ3n) is 2.00. The molecule has 1 atom stereocenters. The molecule has 0 saturated carbocycles. The molecule has 0 aliphatic heterocycles. The van der Waals surface area contributed by atoms with Crippen LogP contribution in [-0.4, -0.2) is 55.3 Å². The summed E-state index contributed by atoms with van der Waals surface area (Å²) in [5, 5.41) is 0. The van der Waals surface area contributed by atoms with E-state index in [1.165, 1.54) is 9.80 Å². The molecule has 0 saturated heterocycles. The number of rotatable bonds is 4. The van der Waals surface area contributed by atoms with E-state index >= 15 is 0 Å². The van der Waals surface area contributed by atoms with Crippen LogP contribution in [0.5, 0.6) is 0 Å². The van der Waals surface area contributed by atoms with Crippen LogP contribution >= 0.6 is 0 Å². The second kappa shape index (κ2) is 5.59. The third-order valence-corrected chi connectivity index (χ3v) is 2.00. The molecular formula is C9H19N3O2. The van der Waals surface area contributed by atoms with Gasteiger partial charge in [-0.1, -0.05) is 6.92 Å². The van der Waals surface area contributed by atoms with Gasteiger partial charge >= 0.3 is 0 Å². The van der Waals surface area contributed by atoms with Crippen molar-refractivity contribution < 1.29 is 9.59 Å². The maximum Gasteiger partial charge on any atom is 0.241 e. The lowest BCUT2D eigenvalue weighted by atomic mass is 10.2. The van der Waals surface area contributed by atoms with Crippen molar-refractivity contribution in [2.24, 2.45) is 5.73 Å². The zero-order valence-corrected chi connectivity index (χ0v) is 9.28. The van der Waals surface area contributed by atoms with Crippen LogP contribution in [0.1, 0.15) is 13.3 Å². The van der Waals surface area contributed by atoms with Crippen LogP contribution in [0.3, 0.4) is 0 Å². The summed E-state index contributed by atoms with van der Waals surface area (Å²) in [6, 6.07) is -0.505. The minimum Gasteiger partial charge on any atom is -0.347 e. The summed E-state index contributed by atoms with van der Waals surface area (Å²) < 4.78 is 0. The van der Waals surface area contributed by atoms with Gasteiger partial charge in [-0.05, 0) is 6.42 Å². The molecule has 2 amide bonds. The largest absolute Gasteiger partial charge is 0.347 e. The summed E-state index contributed by atoms with van der Waals surface area (Å²) in [5.41, 5.74) is 5.55. The summed E-state index contributed by atoms with van der Waals surface area (Å²) >= 11 is 0. The van der Waals surface area contributed by atoms with Gasteiger partial charge in [-0.25, -0.2) is 0 Å². The fourth-order valence-corrected chi connectivity index (χ4v) is 0.880. The van der Waals surface area contributed by atoms with Crippen molar-refractivity contribution in [3.63, 3.8) is 0 Å². The van der Waals surface area contributed by atoms with Gasteiger partial charge in [-0.2, -0.15) is 0 Å². The summed E-state index contributed by atoms with van der Waals surface area (Å²) in [5.74, 6) is -0.299. The summed E-state index contributed by atoms with van der Waals surface area (Å²) in [4.78, 5) is 25.5. The molecule has 0 aromatic heterocycles. The van der Waals surface area contributed by atoms with E-state index in [0.29, 0.717) is 6.42 Å². The standard InChI is InChI=1S/C9H19N3O2/c1-5-7(10)9(14)12(4)6-8(13)11(2)3/h7H,5-6,10H2,1-4H3/t7-/m1/s1. The topological polar surface area (TPSA) is 66.6 Å². The van der Waals surface area contributed by atoms with E-state index in [1.807, 2.05) is 6.92 Å². The van der Waals surface area contributed by atoms with Crippen molar-refractivity contribution >= 4 is 11.8 Å². The lowest BCUT2D eigenvalue weighted by Crippen LogP contribution is -2.45. The number of hydrogen-bond acceptors (Lipinski definition) is 3. The lowest BCUT2D eigenvalue weighted by Gasteiger charge is -2.21. The quantitative estimate of drug-likeness (QED) is 0.652. The van der Waals surface area contributed by atoms with Gasteiger partial charge in [0.15, 0.2) is 0 Å². The van der Waals surface area contributed by atoms with Gasteiger partial charge in [0.25, 0.3) is 0 Å². The smallest absolute Gasteiger partial charge is 0.241 e. The molecule has 0 heterocycles. The molecule has 82 valence electrons. The molecule has 14 heavy (non-hydrogen) atoms. The Labute approximate surface area is 84.8 Å². The minimum absolute atomic E-state index is 0.0829. The Hall–Kier alpha value is -1.10. The maximum atomic E-state index is 11.5. The van der Waals surface area contributed by atoms with Crippen LogP contribution in [-0.2, 0) is 9.59 Å². The number of nitrogens with zero attached hydrogens (tertiary/aromatic N) is 2. The summed E-state index contributed by atoms with van der Waals surface area (Å²) in [7, 11) is 4.89. The molecule has 2 N–H and O–H groups in total. The monoisotopic (exact) mass is 201 g/mol. The molecule has 0 bridgehead atoms. The first-order chi connectivity index (χ1) is 6.40. The normalized spacial score (nSPS) is 12.1. The summed E-state index contributed by atoms with van der Waals surface area (Å²) in [6.07, 6.45) is 0.583. The number of carbonyl (C=O) groups excluding carboxylic acids is 2. The minimum atomic E-state index is -0.505. The van der Waals surface area contributed by atoms with Crippen LogP contribution in [0, 0.1) is 0 Å². The SMILES string of the molecule is CC[C@@H](N)C(=O)N(C)CC(=O)N(C)C. The van der Waals surface area contributed by atoms with Crippen molar-refractivity contribution in [3.05, 3.63) is 0 Å². The Morgan fingerprint density at radius 1 is 1.29 bits per heavy atom. The van der Waals surface area contributed by atoms with Crippen LogP contribution in [0.25, 0.3) is 0 Å². The summed E-state index contributed by atoms with van der Waals surface area (Å²) in [6.45, 7) is 1.92. The van der Waals surface area contributed by atoms with Crippen LogP contribution in [0.2, 0.25) is 0 Å². The molecule has 0 unspecified atom stereocenters. The molecule has 0 spiro atoms. The first kappa shape index (κ1) is 12.9. The molecule has 5 nitrogen and oxygen atoms in total. The molecule has 0 aliphatic rings. The maximum absolute atomic E-state index is 11.5. The van der Waals surface area contributed by atoms with E-state index < -0.39 is 6.04 Å². The zero-order valence-electron chi connectivity index (χ0n) is 9.28. The highest BCUT2D eigenvalue weighted by atomic mass is 16.2. The molecule has 0 radical (unpaired) electrons. The molecule has 5 heteroatoms. The van der Waals surface area contributed by atoms with E-state index in [4.69, 9.17) is 5.73 Å². The highest BCUT2D eigenvalue weighted by Gasteiger charge is 2.18. The Morgan fingerprint density at radius 3 is 2.14 bits per heavy atom.